The molecule has 0 bridgehead atoms. The summed E-state index contributed by atoms with van der Waals surface area (Å²) in [5.74, 6) is 3.22. The van der Waals surface area contributed by atoms with Gasteiger partial charge in [0.05, 0.1) is 17.5 Å². The Morgan fingerprint density at radius 1 is 1.57 bits per heavy atom. The maximum atomic E-state index is 11.7. The van der Waals surface area contributed by atoms with Gasteiger partial charge in [-0.15, -0.1) is 6.42 Å². The van der Waals surface area contributed by atoms with Crippen LogP contribution in [0.4, 0.5) is 5.95 Å². The summed E-state index contributed by atoms with van der Waals surface area (Å²) in [6.45, 7) is 0.151. The van der Waals surface area contributed by atoms with Gasteiger partial charge in [0.1, 0.15) is 18.7 Å². The Hall–Kier alpha value is -2.52. The van der Waals surface area contributed by atoms with Crippen molar-refractivity contribution in [1.82, 2.24) is 14.8 Å². The van der Waals surface area contributed by atoms with E-state index in [4.69, 9.17) is 22.8 Å². The molecule has 0 saturated carbocycles. The number of ether oxygens (including phenoxy) is 1. The lowest BCUT2D eigenvalue weighted by molar-refractivity contribution is -0.117. The lowest BCUT2D eigenvalue weighted by Crippen LogP contribution is -2.29. The van der Waals surface area contributed by atoms with E-state index in [-0.39, 0.29) is 25.0 Å². The fraction of sp³-hybridized carbons (Fsp3) is 0.214. The highest BCUT2D eigenvalue weighted by Gasteiger charge is 2.28. The van der Waals surface area contributed by atoms with Crippen LogP contribution in [0, 0.1) is 12.3 Å². The van der Waals surface area contributed by atoms with E-state index >= 15 is 0 Å². The molecule has 21 heavy (non-hydrogen) atoms. The molecule has 106 valence electrons. The van der Waals surface area contributed by atoms with Crippen molar-refractivity contribution >= 4 is 23.5 Å². The lowest BCUT2D eigenvalue weighted by Gasteiger charge is -2.24. The van der Waals surface area contributed by atoms with E-state index in [1.54, 1.807) is 16.8 Å². The van der Waals surface area contributed by atoms with Crippen molar-refractivity contribution in [3.63, 3.8) is 0 Å². The lowest BCUT2D eigenvalue weighted by atomic mass is 10.0. The topological polar surface area (TPSA) is 69.0 Å². The number of amides is 1. The van der Waals surface area contributed by atoms with Gasteiger partial charge in [-0.3, -0.25) is 10.1 Å². The van der Waals surface area contributed by atoms with Crippen LogP contribution in [-0.2, 0) is 4.79 Å². The monoisotopic (exact) mass is 302 g/mol. The first-order valence-corrected chi connectivity index (χ1v) is 6.62. The molecule has 0 fully saturated rings. The smallest absolute Gasteiger partial charge is 0.229 e. The van der Waals surface area contributed by atoms with Crippen molar-refractivity contribution in [1.29, 1.82) is 0 Å². The number of hydrogen-bond acceptors (Lipinski definition) is 4. The number of terminal acetylenes is 1. The Balaban J connectivity index is 1.93. The van der Waals surface area contributed by atoms with Crippen LogP contribution < -0.4 is 10.1 Å². The Morgan fingerprint density at radius 2 is 2.43 bits per heavy atom. The van der Waals surface area contributed by atoms with Gasteiger partial charge in [-0.05, 0) is 17.7 Å². The number of fused-ring (bicyclic) bond motifs is 1. The summed E-state index contributed by atoms with van der Waals surface area (Å²) in [5.41, 5.74) is 0.856. The van der Waals surface area contributed by atoms with E-state index in [1.165, 1.54) is 6.33 Å². The van der Waals surface area contributed by atoms with Crippen molar-refractivity contribution in [3.05, 3.63) is 35.1 Å². The molecule has 0 saturated heterocycles. The van der Waals surface area contributed by atoms with Gasteiger partial charge in [-0.25, -0.2) is 4.68 Å². The fourth-order valence-corrected chi connectivity index (χ4v) is 2.47. The van der Waals surface area contributed by atoms with Crippen LogP contribution in [0.25, 0.3) is 0 Å². The number of rotatable bonds is 3. The van der Waals surface area contributed by atoms with Crippen LogP contribution in [0.15, 0.2) is 24.5 Å². The molecule has 1 aliphatic rings. The first-order chi connectivity index (χ1) is 10.2. The van der Waals surface area contributed by atoms with E-state index in [2.05, 4.69) is 21.3 Å². The van der Waals surface area contributed by atoms with Crippen LogP contribution in [-0.4, -0.2) is 27.3 Å². The van der Waals surface area contributed by atoms with E-state index in [1.807, 2.05) is 6.07 Å². The maximum Gasteiger partial charge on any atom is 0.229 e. The molecule has 0 radical (unpaired) electrons. The van der Waals surface area contributed by atoms with Crippen molar-refractivity contribution in [3.8, 4) is 18.1 Å². The third kappa shape index (κ3) is 2.56. The molecule has 2 heterocycles. The number of nitrogens with zero attached hydrogens (tertiary/aromatic N) is 3. The highest BCUT2D eigenvalue weighted by Crippen LogP contribution is 2.33. The zero-order valence-corrected chi connectivity index (χ0v) is 11.7. The standard InChI is InChI=1S/C14H11ClN4O2/c1-2-5-21-12-4-3-9(6-10(12)15)11-7-13(20)18-14-16-8-17-19(11)14/h1,3-4,6,8,11H,5,7H2,(H,16,17,18,20)/t11-/m0/s1. The number of benzene rings is 1. The minimum atomic E-state index is -0.240. The summed E-state index contributed by atoms with van der Waals surface area (Å²) in [4.78, 5) is 15.7. The van der Waals surface area contributed by atoms with E-state index in [0.29, 0.717) is 16.7 Å². The van der Waals surface area contributed by atoms with E-state index < -0.39 is 0 Å². The predicted molar refractivity (Wildman–Crippen MR) is 77.2 cm³/mol. The average Bonchev–Trinajstić information content (AvgIpc) is 2.93. The molecule has 1 amide bonds. The van der Waals surface area contributed by atoms with Crippen LogP contribution in [0.1, 0.15) is 18.0 Å². The average molecular weight is 303 g/mol. The number of carbonyl (C=O) groups is 1. The summed E-state index contributed by atoms with van der Waals surface area (Å²) in [6.07, 6.45) is 6.83. The van der Waals surface area contributed by atoms with Crippen LogP contribution in [0.2, 0.25) is 5.02 Å². The number of hydrogen-bond donors (Lipinski definition) is 1. The van der Waals surface area contributed by atoms with Crippen molar-refractivity contribution in [2.75, 3.05) is 11.9 Å². The zero-order valence-electron chi connectivity index (χ0n) is 10.9. The van der Waals surface area contributed by atoms with E-state index in [0.717, 1.165) is 5.56 Å². The summed E-state index contributed by atoms with van der Waals surface area (Å²) >= 11 is 6.18. The third-order valence-corrected chi connectivity index (χ3v) is 3.45. The number of aromatic nitrogens is 3. The molecule has 1 aromatic heterocycles. The number of carbonyl (C=O) groups excluding carboxylic acids is 1. The minimum absolute atomic E-state index is 0.107. The molecule has 2 aromatic rings. The molecule has 7 heteroatoms. The van der Waals surface area contributed by atoms with Gasteiger partial charge in [0.25, 0.3) is 0 Å². The Morgan fingerprint density at radius 3 is 3.19 bits per heavy atom. The van der Waals surface area contributed by atoms with Gasteiger partial charge in [0, 0.05) is 0 Å². The molecule has 0 aliphatic carbocycles. The molecular formula is C14H11ClN4O2. The van der Waals surface area contributed by atoms with Gasteiger partial charge < -0.3 is 4.74 Å². The predicted octanol–water partition coefficient (Wildman–Crippen LogP) is 1.88. The first-order valence-electron chi connectivity index (χ1n) is 6.24. The molecular weight excluding hydrogens is 292 g/mol. The zero-order chi connectivity index (χ0) is 14.8. The first kappa shape index (κ1) is 13.5. The molecule has 1 atom stereocenters. The minimum Gasteiger partial charge on any atom is -0.479 e. The maximum absolute atomic E-state index is 11.7. The summed E-state index contributed by atoms with van der Waals surface area (Å²) < 4.78 is 6.98. The SMILES string of the molecule is C#CCOc1ccc([C@@H]2CC(=O)Nc3ncnn32)cc1Cl. The van der Waals surface area contributed by atoms with Gasteiger partial charge in [0.2, 0.25) is 11.9 Å². The quantitative estimate of drug-likeness (QED) is 0.879. The van der Waals surface area contributed by atoms with E-state index in [9.17, 15) is 4.79 Å². The Bertz CT molecular complexity index is 735. The molecule has 0 unspecified atom stereocenters. The second-order valence-electron chi connectivity index (χ2n) is 4.48. The second-order valence-corrected chi connectivity index (χ2v) is 4.89. The molecule has 1 aromatic carbocycles. The number of nitrogens with one attached hydrogen (secondary N) is 1. The molecule has 1 aliphatic heterocycles. The van der Waals surface area contributed by atoms with Gasteiger partial charge in [0.15, 0.2) is 0 Å². The largest absolute Gasteiger partial charge is 0.479 e. The van der Waals surface area contributed by atoms with Gasteiger partial charge in [-0.1, -0.05) is 23.6 Å². The van der Waals surface area contributed by atoms with Crippen LogP contribution in [0.5, 0.6) is 5.75 Å². The molecule has 6 nitrogen and oxygen atoms in total. The molecule has 3 rings (SSSR count). The molecule has 0 spiro atoms. The summed E-state index contributed by atoms with van der Waals surface area (Å²) in [5, 5.41) is 7.24. The van der Waals surface area contributed by atoms with Gasteiger partial charge >= 0.3 is 0 Å². The normalized spacial score (nSPS) is 16.8. The Labute approximate surface area is 126 Å². The second kappa shape index (κ2) is 5.46. The highest BCUT2D eigenvalue weighted by atomic mass is 35.5. The van der Waals surface area contributed by atoms with Crippen molar-refractivity contribution in [2.24, 2.45) is 0 Å². The van der Waals surface area contributed by atoms with Crippen molar-refractivity contribution in [2.45, 2.75) is 12.5 Å². The summed E-state index contributed by atoms with van der Waals surface area (Å²) in [6, 6.07) is 5.09. The third-order valence-electron chi connectivity index (χ3n) is 3.15. The fourth-order valence-electron chi connectivity index (χ4n) is 2.23. The number of halogens is 1. The summed E-state index contributed by atoms with van der Waals surface area (Å²) in [7, 11) is 0. The van der Waals surface area contributed by atoms with Crippen molar-refractivity contribution < 1.29 is 9.53 Å². The van der Waals surface area contributed by atoms with Crippen LogP contribution >= 0.6 is 11.6 Å². The van der Waals surface area contributed by atoms with Crippen LogP contribution in [0.3, 0.4) is 0 Å². The highest BCUT2D eigenvalue weighted by molar-refractivity contribution is 6.32. The number of anilines is 1. The molecule has 1 N–H and O–H groups in total. The Kier molecular flexibility index (Phi) is 3.50. The van der Waals surface area contributed by atoms with Gasteiger partial charge in [-0.2, -0.15) is 10.1 Å².